The van der Waals surface area contributed by atoms with Gasteiger partial charge in [0.05, 0.1) is 5.56 Å². The van der Waals surface area contributed by atoms with Crippen LogP contribution in [-0.2, 0) is 0 Å². The summed E-state index contributed by atoms with van der Waals surface area (Å²) < 4.78 is 13.0. The van der Waals surface area contributed by atoms with E-state index in [-0.39, 0.29) is 5.56 Å². The zero-order valence-corrected chi connectivity index (χ0v) is 8.42. The third-order valence-corrected chi connectivity index (χ3v) is 1.92. The van der Waals surface area contributed by atoms with Crippen molar-refractivity contribution in [3.63, 3.8) is 0 Å². The molecule has 0 aliphatic carbocycles. The van der Waals surface area contributed by atoms with E-state index in [4.69, 9.17) is 0 Å². The average Bonchev–Trinajstić information content (AvgIpc) is 2.15. The molecule has 1 aromatic carbocycles. The molecule has 0 bridgehead atoms. The van der Waals surface area contributed by atoms with Crippen molar-refractivity contribution in [2.75, 3.05) is 5.33 Å². The molecule has 68 valence electrons. The quantitative estimate of drug-likeness (QED) is 0.589. The van der Waals surface area contributed by atoms with Crippen molar-refractivity contribution >= 4 is 28.3 Å². The zero-order valence-electron chi connectivity index (χ0n) is 6.84. The number of benzene rings is 1. The first-order chi connectivity index (χ1) is 6.27. The number of alkyl halides is 1. The van der Waals surface area contributed by atoms with Gasteiger partial charge < -0.3 is 0 Å². The molecule has 0 N–H and O–H groups in total. The van der Waals surface area contributed by atoms with Crippen LogP contribution in [0.3, 0.4) is 0 Å². The molecule has 0 unspecified atom stereocenters. The Labute approximate surface area is 84.4 Å². The van der Waals surface area contributed by atoms with Gasteiger partial charge in [0, 0.05) is 5.33 Å². The minimum absolute atomic E-state index is 0.0935. The summed E-state index contributed by atoms with van der Waals surface area (Å²) >= 11 is 3.22. The number of aldehydes is 1. The van der Waals surface area contributed by atoms with Crippen molar-refractivity contribution in [3.05, 3.63) is 41.2 Å². The van der Waals surface area contributed by atoms with Gasteiger partial charge in [0.25, 0.3) is 0 Å². The minimum atomic E-state index is -0.480. The SMILES string of the molecule is O=Cc1ccc(C=CCBr)cc1F. The van der Waals surface area contributed by atoms with E-state index in [0.717, 1.165) is 10.9 Å². The predicted octanol–water partition coefficient (Wildman–Crippen LogP) is 3.05. The van der Waals surface area contributed by atoms with Gasteiger partial charge in [-0.15, -0.1) is 0 Å². The maximum atomic E-state index is 13.0. The Morgan fingerprint density at radius 2 is 2.23 bits per heavy atom. The van der Waals surface area contributed by atoms with Crippen molar-refractivity contribution < 1.29 is 9.18 Å². The molecule has 0 aromatic heterocycles. The molecule has 0 atom stereocenters. The fraction of sp³-hybridized carbons (Fsp3) is 0.100. The van der Waals surface area contributed by atoms with E-state index in [1.807, 2.05) is 6.08 Å². The van der Waals surface area contributed by atoms with Crippen molar-refractivity contribution in [2.45, 2.75) is 0 Å². The lowest BCUT2D eigenvalue weighted by Gasteiger charge is -1.96. The normalized spacial score (nSPS) is 10.6. The van der Waals surface area contributed by atoms with Gasteiger partial charge in [0.1, 0.15) is 5.82 Å². The monoisotopic (exact) mass is 242 g/mol. The molecule has 0 amide bonds. The van der Waals surface area contributed by atoms with Gasteiger partial charge in [-0.3, -0.25) is 4.79 Å². The number of rotatable bonds is 3. The van der Waals surface area contributed by atoms with Crippen molar-refractivity contribution in [2.24, 2.45) is 0 Å². The number of carbonyl (C=O) groups excluding carboxylic acids is 1. The Bertz CT molecular complexity index is 334. The van der Waals surface area contributed by atoms with E-state index in [1.54, 1.807) is 12.1 Å². The van der Waals surface area contributed by atoms with E-state index in [2.05, 4.69) is 15.9 Å². The van der Waals surface area contributed by atoms with Crippen LogP contribution in [0.2, 0.25) is 0 Å². The maximum absolute atomic E-state index is 13.0. The summed E-state index contributed by atoms with van der Waals surface area (Å²) in [6.07, 6.45) is 4.15. The molecule has 3 heteroatoms. The van der Waals surface area contributed by atoms with E-state index in [1.165, 1.54) is 12.1 Å². The van der Waals surface area contributed by atoms with Gasteiger partial charge in [-0.25, -0.2) is 4.39 Å². The molecule has 0 aliphatic rings. The highest BCUT2D eigenvalue weighted by Gasteiger charge is 1.99. The van der Waals surface area contributed by atoms with E-state index >= 15 is 0 Å². The first-order valence-corrected chi connectivity index (χ1v) is 4.87. The molecule has 13 heavy (non-hydrogen) atoms. The summed E-state index contributed by atoms with van der Waals surface area (Å²) in [5.41, 5.74) is 0.846. The first kappa shape index (κ1) is 10.1. The first-order valence-electron chi connectivity index (χ1n) is 3.75. The molecular formula is C10H8BrFO. The number of carbonyl (C=O) groups is 1. The molecule has 0 heterocycles. The third kappa shape index (κ3) is 2.77. The van der Waals surface area contributed by atoms with Crippen molar-refractivity contribution in [1.82, 2.24) is 0 Å². The van der Waals surface area contributed by atoms with Crippen molar-refractivity contribution in [1.29, 1.82) is 0 Å². The van der Waals surface area contributed by atoms with Gasteiger partial charge in [0.2, 0.25) is 0 Å². The molecule has 0 aliphatic heterocycles. The number of allylic oxidation sites excluding steroid dienone is 1. The van der Waals surface area contributed by atoms with Gasteiger partial charge in [0.15, 0.2) is 6.29 Å². The Morgan fingerprint density at radius 1 is 1.46 bits per heavy atom. The highest BCUT2D eigenvalue weighted by Crippen LogP contribution is 2.10. The molecule has 0 fully saturated rings. The van der Waals surface area contributed by atoms with E-state index in [0.29, 0.717) is 6.29 Å². The zero-order chi connectivity index (χ0) is 9.68. The largest absolute Gasteiger partial charge is 0.298 e. The summed E-state index contributed by atoms with van der Waals surface area (Å²) in [5.74, 6) is -0.480. The van der Waals surface area contributed by atoms with Gasteiger partial charge >= 0.3 is 0 Å². The Kier molecular flexibility index (Phi) is 3.83. The maximum Gasteiger partial charge on any atom is 0.152 e. The molecule has 0 spiro atoms. The van der Waals surface area contributed by atoms with Crippen LogP contribution in [0.1, 0.15) is 15.9 Å². The minimum Gasteiger partial charge on any atom is -0.298 e. The molecule has 1 aromatic rings. The van der Waals surface area contributed by atoms with Gasteiger partial charge in [-0.05, 0) is 17.7 Å². The van der Waals surface area contributed by atoms with Crippen LogP contribution in [0.5, 0.6) is 0 Å². The standard InChI is InChI=1S/C10H8BrFO/c11-5-1-2-8-3-4-9(7-13)10(12)6-8/h1-4,6-7H,5H2. The van der Waals surface area contributed by atoms with E-state index in [9.17, 15) is 9.18 Å². The van der Waals surface area contributed by atoms with E-state index < -0.39 is 5.82 Å². The molecule has 0 saturated heterocycles. The van der Waals surface area contributed by atoms with Crippen LogP contribution in [0.15, 0.2) is 24.3 Å². The molecular weight excluding hydrogens is 235 g/mol. The predicted molar refractivity (Wildman–Crippen MR) is 54.6 cm³/mol. The molecule has 0 saturated carbocycles. The second-order valence-electron chi connectivity index (χ2n) is 2.46. The summed E-state index contributed by atoms with van der Waals surface area (Å²) in [6.45, 7) is 0. The van der Waals surface area contributed by atoms with Crippen LogP contribution in [0.4, 0.5) is 4.39 Å². The fourth-order valence-electron chi connectivity index (χ4n) is 0.923. The Morgan fingerprint density at radius 3 is 2.77 bits per heavy atom. The van der Waals surface area contributed by atoms with Gasteiger partial charge in [-0.1, -0.05) is 34.1 Å². The summed E-state index contributed by atoms with van der Waals surface area (Å²) in [7, 11) is 0. The lowest BCUT2D eigenvalue weighted by atomic mass is 10.1. The molecule has 1 nitrogen and oxygen atoms in total. The van der Waals surface area contributed by atoms with Crippen LogP contribution in [-0.4, -0.2) is 11.6 Å². The topological polar surface area (TPSA) is 17.1 Å². The van der Waals surface area contributed by atoms with Crippen LogP contribution in [0, 0.1) is 5.82 Å². The lowest BCUT2D eigenvalue weighted by molar-refractivity contribution is 0.112. The van der Waals surface area contributed by atoms with Gasteiger partial charge in [-0.2, -0.15) is 0 Å². The number of halogens is 2. The Balaban J connectivity index is 2.95. The van der Waals surface area contributed by atoms with Crippen LogP contribution < -0.4 is 0 Å². The van der Waals surface area contributed by atoms with Crippen molar-refractivity contribution in [3.8, 4) is 0 Å². The summed E-state index contributed by atoms with van der Waals surface area (Å²) in [4.78, 5) is 10.3. The average molecular weight is 243 g/mol. The summed E-state index contributed by atoms with van der Waals surface area (Å²) in [6, 6.07) is 4.51. The number of hydrogen-bond donors (Lipinski definition) is 0. The Hall–Kier alpha value is -0.960. The second-order valence-corrected chi connectivity index (χ2v) is 3.10. The summed E-state index contributed by atoms with van der Waals surface area (Å²) in [5, 5.41) is 0.726. The lowest BCUT2D eigenvalue weighted by Crippen LogP contribution is -1.87. The van der Waals surface area contributed by atoms with Crippen LogP contribution in [0.25, 0.3) is 6.08 Å². The molecule has 1 rings (SSSR count). The highest BCUT2D eigenvalue weighted by atomic mass is 79.9. The van der Waals surface area contributed by atoms with Crippen LogP contribution >= 0.6 is 15.9 Å². The highest BCUT2D eigenvalue weighted by molar-refractivity contribution is 9.09. The molecule has 0 radical (unpaired) electrons. The smallest absolute Gasteiger partial charge is 0.152 e. The number of hydrogen-bond acceptors (Lipinski definition) is 1. The fourth-order valence-corrected chi connectivity index (χ4v) is 1.11. The second kappa shape index (κ2) is 4.92. The third-order valence-electron chi connectivity index (χ3n) is 1.55.